The molecule has 1 aromatic carbocycles. The first-order valence-corrected chi connectivity index (χ1v) is 6.18. The molecule has 1 rings (SSSR count). The van der Waals surface area contributed by atoms with Gasteiger partial charge in [0, 0.05) is 34.2 Å². The van der Waals surface area contributed by atoms with Crippen LogP contribution in [0.2, 0.25) is 10.0 Å². The zero-order valence-corrected chi connectivity index (χ0v) is 12.8. The highest BCUT2D eigenvalue weighted by Gasteiger charge is 2.16. The second kappa shape index (κ2) is 7.53. The van der Waals surface area contributed by atoms with Gasteiger partial charge in [-0.1, -0.05) is 23.2 Å². The van der Waals surface area contributed by atoms with Crippen LogP contribution in [0.1, 0.15) is 25.0 Å². The predicted molar refractivity (Wildman–Crippen MR) is 79.6 cm³/mol. The lowest BCUT2D eigenvalue weighted by Gasteiger charge is -2.25. The minimum Gasteiger partial charge on any atom is -0.392 e. The van der Waals surface area contributed by atoms with Crippen molar-refractivity contribution in [1.29, 1.82) is 0 Å². The largest absolute Gasteiger partial charge is 0.392 e. The highest BCUT2D eigenvalue weighted by molar-refractivity contribution is 6.36. The molecule has 0 bridgehead atoms. The quantitative estimate of drug-likeness (QED) is 0.783. The van der Waals surface area contributed by atoms with Gasteiger partial charge in [-0.3, -0.25) is 0 Å². The van der Waals surface area contributed by atoms with Gasteiger partial charge in [0.15, 0.2) is 0 Å². The Balaban J connectivity index is 0.00000289. The fraction of sp³-hybridized carbons (Fsp3) is 0.500. The fourth-order valence-corrected chi connectivity index (χ4v) is 1.98. The summed E-state index contributed by atoms with van der Waals surface area (Å²) in [5.74, 6) is 0. The highest BCUT2D eigenvalue weighted by atomic mass is 35.5. The molecule has 0 radical (unpaired) electrons. The highest BCUT2D eigenvalue weighted by Crippen LogP contribution is 2.27. The number of halogens is 3. The first-order chi connectivity index (χ1) is 7.89. The van der Waals surface area contributed by atoms with Crippen molar-refractivity contribution >= 4 is 35.6 Å². The topological polar surface area (TPSA) is 58.3 Å². The Labute approximate surface area is 124 Å². The lowest BCUT2D eigenvalue weighted by molar-refractivity contribution is 0.282. The van der Waals surface area contributed by atoms with Crippen LogP contribution in [0, 0.1) is 0 Å². The van der Waals surface area contributed by atoms with E-state index in [1.54, 1.807) is 12.1 Å². The number of benzene rings is 1. The van der Waals surface area contributed by atoms with Crippen LogP contribution in [0.5, 0.6) is 0 Å². The van der Waals surface area contributed by atoms with E-state index in [1.165, 1.54) is 0 Å². The monoisotopic (exact) mass is 312 g/mol. The molecule has 0 aromatic heterocycles. The first-order valence-electron chi connectivity index (χ1n) is 5.42. The van der Waals surface area contributed by atoms with Crippen LogP contribution in [0.15, 0.2) is 12.1 Å². The van der Waals surface area contributed by atoms with Gasteiger partial charge in [0.05, 0.1) is 6.61 Å². The van der Waals surface area contributed by atoms with E-state index < -0.39 is 0 Å². The molecule has 0 aliphatic carbocycles. The number of hydrogen-bond acceptors (Lipinski definition) is 3. The van der Waals surface area contributed by atoms with Gasteiger partial charge < -0.3 is 16.2 Å². The summed E-state index contributed by atoms with van der Waals surface area (Å²) in [4.78, 5) is 0. The number of hydrogen-bond donors (Lipinski definition) is 3. The second-order valence-corrected chi connectivity index (χ2v) is 5.45. The minimum atomic E-state index is -0.164. The van der Waals surface area contributed by atoms with Crippen LogP contribution in [-0.4, -0.2) is 17.2 Å². The molecular formula is C12H19Cl3N2O. The van der Waals surface area contributed by atoms with Crippen LogP contribution >= 0.6 is 35.6 Å². The molecule has 0 amide bonds. The predicted octanol–water partition coefficient (Wildman–Crippen LogP) is 2.73. The van der Waals surface area contributed by atoms with E-state index in [1.807, 2.05) is 13.8 Å². The zero-order chi connectivity index (χ0) is 13.1. The maximum absolute atomic E-state index is 9.03. The molecule has 0 fully saturated rings. The Bertz CT molecular complexity index is 374. The molecule has 0 aliphatic heterocycles. The van der Waals surface area contributed by atoms with Gasteiger partial charge in [-0.15, -0.1) is 12.4 Å². The average Bonchev–Trinajstić information content (AvgIpc) is 2.27. The minimum absolute atomic E-state index is 0. The first kappa shape index (κ1) is 18.0. The lowest BCUT2D eigenvalue weighted by atomic mass is 10.1. The average molecular weight is 314 g/mol. The fourth-order valence-electron chi connectivity index (χ4n) is 1.32. The van der Waals surface area contributed by atoms with Crippen molar-refractivity contribution in [2.45, 2.75) is 32.5 Å². The van der Waals surface area contributed by atoms with E-state index in [0.29, 0.717) is 28.7 Å². The van der Waals surface area contributed by atoms with Gasteiger partial charge in [0.1, 0.15) is 0 Å². The van der Waals surface area contributed by atoms with Gasteiger partial charge in [-0.05, 0) is 31.5 Å². The number of aliphatic hydroxyl groups excluding tert-OH is 1. The smallest absolute Gasteiger partial charge is 0.0682 e. The molecule has 0 spiro atoms. The molecular weight excluding hydrogens is 295 g/mol. The maximum atomic E-state index is 9.03. The SMILES string of the molecule is CC(C)(CN)NCc1c(Cl)cc(CO)cc1Cl.Cl. The molecule has 4 N–H and O–H groups in total. The molecule has 0 saturated carbocycles. The van der Waals surface area contributed by atoms with Crippen LogP contribution in [-0.2, 0) is 13.2 Å². The van der Waals surface area contributed by atoms with Crippen LogP contribution in [0.4, 0.5) is 0 Å². The summed E-state index contributed by atoms with van der Waals surface area (Å²) in [6, 6.07) is 3.44. The number of nitrogens with one attached hydrogen (secondary N) is 1. The number of rotatable bonds is 5. The Morgan fingerprint density at radius 3 is 2.17 bits per heavy atom. The molecule has 1 aromatic rings. The summed E-state index contributed by atoms with van der Waals surface area (Å²) < 4.78 is 0. The summed E-state index contributed by atoms with van der Waals surface area (Å²) >= 11 is 12.2. The Kier molecular flexibility index (Phi) is 7.52. The molecule has 0 heterocycles. The van der Waals surface area contributed by atoms with Crippen molar-refractivity contribution in [2.24, 2.45) is 5.73 Å². The van der Waals surface area contributed by atoms with E-state index in [-0.39, 0.29) is 24.6 Å². The summed E-state index contributed by atoms with van der Waals surface area (Å²) in [5.41, 5.74) is 7.00. The van der Waals surface area contributed by atoms with Gasteiger partial charge in [0.2, 0.25) is 0 Å². The van der Waals surface area contributed by atoms with Gasteiger partial charge >= 0.3 is 0 Å². The molecule has 0 atom stereocenters. The number of nitrogens with two attached hydrogens (primary N) is 1. The zero-order valence-electron chi connectivity index (χ0n) is 10.5. The third-order valence-corrected chi connectivity index (χ3v) is 3.31. The van der Waals surface area contributed by atoms with Crippen LogP contribution < -0.4 is 11.1 Å². The molecule has 6 heteroatoms. The van der Waals surface area contributed by atoms with Crippen molar-refractivity contribution in [1.82, 2.24) is 5.32 Å². The summed E-state index contributed by atoms with van der Waals surface area (Å²) in [7, 11) is 0. The second-order valence-electron chi connectivity index (χ2n) is 4.64. The van der Waals surface area contributed by atoms with E-state index in [4.69, 9.17) is 34.0 Å². The van der Waals surface area contributed by atoms with E-state index in [0.717, 1.165) is 5.56 Å². The molecule has 0 unspecified atom stereocenters. The van der Waals surface area contributed by atoms with Gasteiger partial charge in [-0.25, -0.2) is 0 Å². The van der Waals surface area contributed by atoms with Gasteiger partial charge in [-0.2, -0.15) is 0 Å². The van der Waals surface area contributed by atoms with Crippen LogP contribution in [0.3, 0.4) is 0 Å². The van der Waals surface area contributed by atoms with Crippen molar-refractivity contribution in [3.05, 3.63) is 33.3 Å². The normalized spacial score (nSPS) is 11.2. The maximum Gasteiger partial charge on any atom is 0.0682 e. The summed E-state index contributed by atoms with van der Waals surface area (Å²) in [5, 5.41) is 13.4. The summed E-state index contributed by atoms with van der Waals surface area (Å²) in [6.45, 7) is 5.03. The number of aliphatic hydroxyl groups is 1. The van der Waals surface area contributed by atoms with Crippen molar-refractivity contribution in [2.75, 3.05) is 6.54 Å². The van der Waals surface area contributed by atoms with Crippen molar-refractivity contribution in [3.8, 4) is 0 Å². The molecule has 0 aliphatic rings. The van der Waals surface area contributed by atoms with E-state index in [2.05, 4.69) is 5.32 Å². The summed E-state index contributed by atoms with van der Waals surface area (Å²) in [6.07, 6.45) is 0. The Morgan fingerprint density at radius 1 is 1.28 bits per heavy atom. The standard InChI is InChI=1S/C12H18Cl2N2O.ClH/c1-12(2,7-15)16-5-9-10(13)3-8(6-17)4-11(9)14;/h3-4,16-17H,5-7,15H2,1-2H3;1H. The van der Waals surface area contributed by atoms with Gasteiger partial charge in [0.25, 0.3) is 0 Å². The molecule has 104 valence electrons. The molecule has 0 saturated heterocycles. The Hall–Kier alpha value is -0.0300. The third kappa shape index (κ3) is 4.92. The third-order valence-electron chi connectivity index (χ3n) is 2.64. The Morgan fingerprint density at radius 2 is 1.78 bits per heavy atom. The van der Waals surface area contributed by atoms with E-state index >= 15 is 0 Å². The van der Waals surface area contributed by atoms with Crippen LogP contribution in [0.25, 0.3) is 0 Å². The van der Waals surface area contributed by atoms with E-state index in [9.17, 15) is 0 Å². The lowest BCUT2D eigenvalue weighted by Crippen LogP contribution is -2.45. The van der Waals surface area contributed by atoms with Crippen molar-refractivity contribution in [3.63, 3.8) is 0 Å². The molecule has 3 nitrogen and oxygen atoms in total. The molecule has 18 heavy (non-hydrogen) atoms. The van der Waals surface area contributed by atoms with Crippen molar-refractivity contribution < 1.29 is 5.11 Å².